The third kappa shape index (κ3) is 2.30. The van der Waals surface area contributed by atoms with Gasteiger partial charge in [0.05, 0.1) is 24.3 Å². The molecule has 1 heterocycles. The van der Waals surface area contributed by atoms with E-state index in [1.807, 2.05) is 6.92 Å². The predicted octanol–water partition coefficient (Wildman–Crippen LogP) is 1.63. The molecule has 1 aromatic rings. The van der Waals surface area contributed by atoms with Crippen LogP contribution < -0.4 is 5.73 Å². The Labute approximate surface area is 109 Å². The molecule has 1 saturated heterocycles. The monoisotopic (exact) mass is 298 g/mol. The Hall–Kier alpha value is -1.07. The molecule has 0 saturated carbocycles. The summed E-state index contributed by atoms with van der Waals surface area (Å²) in [6, 6.07) is 5.20. The van der Waals surface area contributed by atoms with Gasteiger partial charge in [0.2, 0.25) is 0 Å². The van der Waals surface area contributed by atoms with Crippen molar-refractivity contribution >= 4 is 27.5 Å². The Kier molecular flexibility index (Phi) is 3.14. The first-order chi connectivity index (χ1) is 7.95. The third-order valence-corrected chi connectivity index (χ3v) is 3.65. The van der Waals surface area contributed by atoms with Crippen molar-refractivity contribution in [3.8, 4) is 0 Å². The summed E-state index contributed by atoms with van der Waals surface area (Å²) in [6.07, 6.45) is 0.657. The van der Waals surface area contributed by atoms with E-state index in [0.29, 0.717) is 30.8 Å². The minimum Gasteiger partial charge on any atom is -0.398 e. The number of nitrogen functional groups attached to an aromatic ring is 1. The van der Waals surface area contributed by atoms with Crippen LogP contribution in [0.3, 0.4) is 0 Å². The molecule has 1 amide bonds. The Morgan fingerprint density at radius 1 is 1.59 bits per heavy atom. The summed E-state index contributed by atoms with van der Waals surface area (Å²) in [7, 11) is 0. The van der Waals surface area contributed by atoms with E-state index in [1.165, 1.54) is 0 Å². The molecule has 0 atom stereocenters. The van der Waals surface area contributed by atoms with E-state index in [4.69, 9.17) is 5.73 Å². The highest BCUT2D eigenvalue weighted by atomic mass is 79.9. The van der Waals surface area contributed by atoms with Crippen molar-refractivity contribution in [2.45, 2.75) is 18.9 Å². The number of hydrogen-bond acceptors (Lipinski definition) is 3. The molecular weight excluding hydrogens is 284 g/mol. The van der Waals surface area contributed by atoms with Crippen LogP contribution in [-0.4, -0.2) is 34.6 Å². The topological polar surface area (TPSA) is 66.6 Å². The molecule has 0 unspecified atom stereocenters. The molecule has 0 radical (unpaired) electrons. The van der Waals surface area contributed by atoms with E-state index < -0.39 is 5.60 Å². The number of benzene rings is 1. The highest BCUT2D eigenvalue weighted by Gasteiger charge is 2.42. The maximum absolute atomic E-state index is 12.1. The molecule has 3 N–H and O–H groups in total. The molecule has 1 aromatic carbocycles. The minimum atomic E-state index is -0.712. The number of anilines is 1. The number of carbonyl (C=O) groups is 1. The van der Waals surface area contributed by atoms with Gasteiger partial charge in [-0.2, -0.15) is 0 Å². The number of rotatable bonds is 2. The van der Waals surface area contributed by atoms with Crippen LogP contribution in [0.4, 0.5) is 5.69 Å². The number of carbonyl (C=O) groups excluding carboxylic acids is 1. The average Bonchev–Trinajstić information content (AvgIpc) is 2.27. The van der Waals surface area contributed by atoms with E-state index in [2.05, 4.69) is 15.9 Å². The summed E-state index contributed by atoms with van der Waals surface area (Å²) in [5, 5.41) is 9.87. The fourth-order valence-corrected chi connectivity index (χ4v) is 2.28. The number of halogens is 1. The highest BCUT2D eigenvalue weighted by Crippen LogP contribution is 2.28. The van der Waals surface area contributed by atoms with Gasteiger partial charge in [0, 0.05) is 10.2 Å². The molecule has 4 nitrogen and oxygen atoms in total. The number of likely N-dealkylation sites (tertiary alicyclic amines) is 1. The van der Waals surface area contributed by atoms with Gasteiger partial charge in [0.25, 0.3) is 5.91 Å². The third-order valence-electron chi connectivity index (χ3n) is 3.16. The molecule has 0 aliphatic carbocycles. The fourth-order valence-electron chi connectivity index (χ4n) is 1.92. The quantitative estimate of drug-likeness (QED) is 0.816. The zero-order valence-corrected chi connectivity index (χ0v) is 11.2. The van der Waals surface area contributed by atoms with Crippen LogP contribution in [0, 0.1) is 0 Å². The normalized spacial score (nSPS) is 17.7. The molecule has 92 valence electrons. The summed E-state index contributed by atoms with van der Waals surface area (Å²) in [4.78, 5) is 13.7. The van der Waals surface area contributed by atoms with Crippen LogP contribution in [0.15, 0.2) is 22.7 Å². The van der Waals surface area contributed by atoms with Crippen LogP contribution >= 0.6 is 15.9 Å². The number of nitrogens with two attached hydrogens (primary N) is 1. The smallest absolute Gasteiger partial charge is 0.256 e. The lowest BCUT2D eigenvalue weighted by Gasteiger charge is -2.46. The van der Waals surface area contributed by atoms with Crippen molar-refractivity contribution in [2.75, 3.05) is 18.8 Å². The molecular formula is C12H15BrN2O2. The average molecular weight is 299 g/mol. The van der Waals surface area contributed by atoms with E-state index in [1.54, 1.807) is 23.1 Å². The number of amides is 1. The largest absolute Gasteiger partial charge is 0.398 e. The summed E-state index contributed by atoms with van der Waals surface area (Å²) in [5.41, 5.74) is 6.01. The zero-order chi connectivity index (χ0) is 12.6. The Balaban J connectivity index is 2.14. The van der Waals surface area contributed by atoms with Gasteiger partial charge in [-0.25, -0.2) is 0 Å². The van der Waals surface area contributed by atoms with Crippen molar-refractivity contribution in [2.24, 2.45) is 0 Å². The molecule has 1 fully saturated rings. The first-order valence-corrected chi connectivity index (χ1v) is 6.31. The van der Waals surface area contributed by atoms with E-state index in [0.717, 1.165) is 4.47 Å². The second kappa shape index (κ2) is 4.31. The summed E-state index contributed by atoms with van der Waals surface area (Å²) < 4.78 is 0.821. The summed E-state index contributed by atoms with van der Waals surface area (Å²) in [5.74, 6) is -0.123. The van der Waals surface area contributed by atoms with Crippen LogP contribution in [-0.2, 0) is 0 Å². The molecule has 5 heteroatoms. The van der Waals surface area contributed by atoms with Gasteiger partial charge >= 0.3 is 0 Å². The van der Waals surface area contributed by atoms with Gasteiger partial charge in [-0.05, 0) is 24.6 Å². The molecule has 17 heavy (non-hydrogen) atoms. The number of aliphatic hydroxyl groups is 1. The number of hydrogen-bond donors (Lipinski definition) is 2. The van der Waals surface area contributed by atoms with Crippen molar-refractivity contribution in [3.05, 3.63) is 28.2 Å². The van der Waals surface area contributed by atoms with Crippen molar-refractivity contribution in [1.82, 2.24) is 4.90 Å². The molecule has 1 aliphatic rings. The Morgan fingerprint density at radius 3 is 2.82 bits per heavy atom. The second-order valence-corrected chi connectivity index (χ2v) is 5.39. The first-order valence-electron chi connectivity index (χ1n) is 5.52. The van der Waals surface area contributed by atoms with E-state index in [-0.39, 0.29) is 5.91 Å². The lowest BCUT2D eigenvalue weighted by atomic mass is 9.90. The molecule has 1 aliphatic heterocycles. The van der Waals surface area contributed by atoms with Crippen molar-refractivity contribution in [1.29, 1.82) is 0 Å². The number of β-amino-alcohol motifs (C(OH)–C–C–N with tert-alkyl or cyclic N) is 1. The SMILES string of the molecule is CCC1(O)CN(C(=O)c2cc(Br)ccc2N)C1. The fraction of sp³-hybridized carbons (Fsp3) is 0.417. The Bertz CT molecular complexity index is 456. The lowest BCUT2D eigenvalue weighted by Crippen LogP contribution is -2.63. The molecule has 2 rings (SSSR count). The van der Waals surface area contributed by atoms with E-state index >= 15 is 0 Å². The summed E-state index contributed by atoms with van der Waals surface area (Å²) in [6.45, 7) is 2.68. The van der Waals surface area contributed by atoms with Gasteiger partial charge in [-0.3, -0.25) is 4.79 Å². The van der Waals surface area contributed by atoms with Crippen molar-refractivity contribution < 1.29 is 9.90 Å². The van der Waals surface area contributed by atoms with Crippen LogP contribution in [0.1, 0.15) is 23.7 Å². The van der Waals surface area contributed by atoms with Gasteiger partial charge < -0.3 is 15.7 Å². The van der Waals surface area contributed by atoms with Crippen LogP contribution in [0.5, 0.6) is 0 Å². The maximum atomic E-state index is 12.1. The lowest BCUT2D eigenvalue weighted by molar-refractivity contribution is -0.0826. The minimum absolute atomic E-state index is 0.123. The standard InChI is InChI=1S/C12H15BrN2O2/c1-2-12(17)6-15(7-12)11(16)9-5-8(13)3-4-10(9)14/h3-5,17H,2,6-7,14H2,1H3. The Morgan fingerprint density at radius 2 is 2.24 bits per heavy atom. The van der Waals surface area contributed by atoms with Gasteiger partial charge in [0.15, 0.2) is 0 Å². The first kappa shape index (κ1) is 12.4. The van der Waals surface area contributed by atoms with Gasteiger partial charge in [0.1, 0.15) is 0 Å². The van der Waals surface area contributed by atoms with E-state index in [9.17, 15) is 9.90 Å². The second-order valence-electron chi connectivity index (χ2n) is 4.47. The van der Waals surface area contributed by atoms with Crippen molar-refractivity contribution in [3.63, 3.8) is 0 Å². The predicted molar refractivity (Wildman–Crippen MR) is 69.7 cm³/mol. The van der Waals surface area contributed by atoms with Gasteiger partial charge in [-0.15, -0.1) is 0 Å². The maximum Gasteiger partial charge on any atom is 0.256 e. The molecule has 0 aromatic heterocycles. The molecule has 0 bridgehead atoms. The summed E-state index contributed by atoms with van der Waals surface area (Å²) >= 11 is 3.31. The number of nitrogens with zero attached hydrogens (tertiary/aromatic N) is 1. The van der Waals surface area contributed by atoms with Gasteiger partial charge in [-0.1, -0.05) is 22.9 Å². The molecule has 0 spiro atoms. The van der Waals surface area contributed by atoms with Crippen LogP contribution in [0.2, 0.25) is 0 Å². The zero-order valence-electron chi connectivity index (χ0n) is 9.61. The highest BCUT2D eigenvalue weighted by molar-refractivity contribution is 9.10. The van der Waals surface area contributed by atoms with Crippen LogP contribution in [0.25, 0.3) is 0 Å².